The van der Waals surface area contributed by atoms with Crippen LogP contribution in [0.4, 0.5) is 0 Å². The molecule has 158 valence electrons. The number of benzene rings is 3. The van der Waals surface area contributed by atoms with E-state index in [1.54, 1.807) is 0 Å². The predicted octanol–water partition coefficient (Wildman–Crippen LogP) is 5.99. The Balaban J connectivity index is 1.41. The highest BCUT2D eigenvalue weighted by molar-refractivity contribution is 5.72. The van der Waals surface area contributed by atoms with Crippen LogP contribution in [0.1, 0.15) is 52.7 Å². The second kappa shape index (κ2) is 7.77. The Bertz CT molecular complexity index is 1140. The van der Waals surface area contributed by atoms with Gasteiger partial charge in [-0.05, 0) is 72.2 Å². The fraction of sp³-hybridized carbons (Fsp3) is 0.296. The number of carboxylic acids is 1. The largest absolute Gasteiger partial charge is 0.492 e. The van der Waals surface area contributed by atoms with E-state index >= 15 is 0 Å². The lowest BCUT2D eigenvalue weighted by Gasteiger charge is -2.17. The summed E-state index contributed by atoms with van der Waals surface area (Å²) in [6.07, 6.45) is 2.05. The third-order valence-corrected chi connectivity index (χ3v) is 6.50. The molecule has 0 fully saturated rings. The molecule has 1 unspecified atom stereocenters. The maximum Gasteiger partial charge on any atom is 0.304 e. The molecule has 0 radical (unpaired) electrons. The van der Waals surface area contributed by atoms with Crippen molar-refractivity contribution in [1.82, 2.24) is 0 Å². The van der Waals surface area contributed by atoms with Crippen LogP contribution in [-0.2, 0) is 11.2 Å². The smallest absolute Gasteiger partial charge is 0.304 e. The summed E-state index contributed by atoms with van der Waals surface area (Å²) < 4.78 is 12.1. The van der Waals surface area contributed by atoms with Gasteiger partial charge in [-0.2, -0.15) is 0 Å². The van der Waals surface area contributed by atoms with E-state index in [0.29, 0.717) is 6.61 Å². The summed E-state index contributed by atoms with van der Waals surface area (Å²) in [7, 11) is 0. The van der Waals surface area contributed by atoms with Crippen LogP contribution in [0.2, 0.25) is 0 Å². The van der Waals surface area contributed by atoms with E-state index in [9.17, 15) is 4.79 Å². The number of aryl methyl sites for hydroxylation is 3. The van der Waals surface area contributed by atoms with Crippen molar-refractivity contribution < 1.29 is 19.4 Å². The van der Waals surface area contributed by atoms with Gasteiger partial charge in [-0.3, -0.25) is 4.79 Å². The van der Waals surface area contributed by atoms with Gasteiger partial charge >= 0.3 is 5.97 Å². The number of ether oxygens (including phenoxy) is 2. The number of carbonyl (C=O) groups is 1. The highest BCUT2D eigenvalue weighted by atomic mass is 16.5. The van der Waals surface area contributed by atoms with Crippen molar-refractivity contribution in [3.63, 3.8) is 0 Å². The number of rotatable bonds is 5. The topological polar surface area (TPSA) is 55.8 Å². The van der Waals surface area contributed by atoms with Crippen molar-refractivity contribution >= 4 is 5.97 Å². The molecule has 0 bridgehead atoms. The minimum Gasteiger partial charge on any atom is -0.492 e. The van der Waals surface area contributed by atoms with E-state index in [1.165, 1.54) is 33.4 Å². The van der Waals surface area contributed by atoms with Crippen LogP contribution in [0.25, 0.3) is 11.1 Å². The molecule has 0 saturated carbocycles. The van der Waals surface area contributed by atoms with Crippen molar-refractivity contribution in [2.45, 2.75) is 45.1 Å². The lowest BCUT2D eigenvalue weighted by atomic mass is 9.93. The van der Waals surface area contributed by atoms with Gasteiger partial charge in [0.15, 0.2) is 0 Å². The summed E-state index contributed by atoms with van der Waals surface area (Å²) >= 11 is 0. The maximum atomic E-state index is 11.1. The third-order valence-electron chi connectivity index (χ3n) is 6.50. The molecule has 0 saturated heterocycles. The molecule has 1 N–H and O–H groups in total. The minimum atomic E-state index is -0.802. The van der Waals surface area contributed by atoms with Crippen molar-refractivity contribution in [2.75, 3.05) is 6.61 Å². The molecule has 0 aromatic heterocycles. The van der Waals surface area contributed by atoms with Gasteiger partial charge in [-0.1, -0.05) is 36.4 Å². The van der Waals surface area contributed by atoms with Crippen molar-refractivity contribution in [1.29, 1.82) is 0 Å². The molecule has 0 spiro atoms. The van der Waals surface area contributed by atoms with Gasteiger partial charge in [-0.15, -0.1) is 0 Å². The van der Waals surface area contributed by atoms with Gasteiger partial charge in [0.2, 0.25) is 0 Å². The van der Waals surface area contributed by atoms with Crippen LogP contribution in [0.3, 0.4) is 0 Å². The first-order valence-corrected chi connectivity index (χ1v) is 10.8. The van der Waals surface area contributed by atoms with Gasteiger partial charge in [0.05, 0.1) is 13.0 Å². The zero-order valence-corrected chi connectivity index (χ0v) is 17.9. The van der Waals surface area contributed by atoms with E-state index in [2.05, 4.69) is 50.2 Å². The summed E-state index contributed by atoms with van der Waals surface area (Å²) in [5.41, 5.74) is 8.65. The first-order chi connectivity index (χ1) is 15.0. The lowest BCUT2D eigenvalue weighted by molar-refractivity contribution is -0.137. The van der Waals surface area contributed by atoms with E-state index in [1.807, 2.05) is 18.2 Å². The molecular formula is C27H26O4. The van der Waals surface area contributed by atoms with E-state index < -0.39 is 5.97 Å². The predicted molar refractivity (Wildman–Crippen MR) is 120 cm³/mol. The van der Waals surface area contributed by atoms with Crippen LogP contribution in [-0.4, -0.2) is 17.7 Å². The fourth-order valence-corrected chi connectivity index (χ4v) is 4.99. The minimum absolute atomic E-state index is 0.00791. The molecule has 3 aromatic carbocycles. The molecule has 4 heteroatoms. The molecule has 1 aliphatic carbocycles. The van der Waals surface area contributed by atoms with Crippen LogP contribution >= 0.6 is 0 Å². The molecule has 3 aromatic rings. The Hall–Kier alpha value is -3.27. The zero-order chi connectivity index (χ0) is 21.5. The Labute approximate surface area is 182 Å². The number of hydrogen-bond acceptors (Lipinski definition) is 3. The molecule has 4 nitrogen and oxygen atoms in total. The first-order valence-electron chi connectivity index (χ1n) is 10.8. The first kappa shape index (κ1) is 19.7. The van der Waals surface area contributed by atoms with Crippen molar-refractivity contribution in [3.05, 3.63) is 82.4 Å². The van der Waals surface area contributed by atoms with Crippen LogP contribution in [0.15, 0.2) is 54.6 Å². The van der Waals surface area contributed by atoms with Gasteiger partial charge in [0.1, 0.15) is 17.6 Å². The van der Waals surface area contributed by atoms with Crippen LogP contribution < -0.4 is 9.47 Å². The van der Waals surface area contributed by atoms with Crippen LogP contribution in [0.5, 0.6) is 11.5 Å². The van der Waals surface area contributed by atoms with E-state index in [-0.39, 0.29) is 18.4 Å². The Morgan fingerprint density at radius 2 is 1.87 bits per heavy atom. The SMILES string of the molecule is Cc1cccc(C)c1-c1ccc2c(c1)[C@@H](Oc1ccc3c(c1)OCC3CC(=O)O)CC2. The van der Waals surface area contributed by atoms with Crippen molar-refractivity contribution in [2.24, 2.45) is 0 Å². The number of hydrogen-bond donors (Lipinski definition) is 1. The molecule has 1 aliphatic heterocycles. The standard InChI is InChI=1S/C27H26O4/c1-16-4-3-5-17(2)27(16)19-7-6-18-8-11-24(23(18)12-19)31-21-9-10-22-20(13-26(28)29)15-30-25(22)14-21/h3-7,9-10,12,14,20,24H,8,11,13,15H2,1-2H3,(H,28,29)/t20?,24-/m0/s1. The summed E-state index contributed by atoms with van der Waals surface area (Å²) in [5, 5.41) is 9.10. The highest BCUT2D eigenvalue weighted by Crippen LogP contribution is 2.42. The van der Waals surface area contributed by atoms with Crippen molar-refractivity contribution in [3.8, 4) is 22.6 Å². The van der Waals surface area contributed by atoms with Gasteiger partial charge in [0, 0.05) is 17.5 Å². The normalized spacial score (nSPS) is 18.9. The fourth-order valence-electron chi connectivity index (χ4n) is 4.99. The quantitative estimate of drug-likeness (QED) is 0.557. The second-order valence-corrected chi connectivity index (χ2v) is 8.63. The number of aliphatic carboxylic acids is 1. The molecule has 0 amide bonds. The molecule has 31 heavy (non-hydrogen) atoms. The molecular weight excluding hydrogens is 388 g/mol. The zero-order valence-electron chi connectivity index (χ0n) is 17.9. The van der Waals surface area contributed by atoms with E-state index in [4.69, 9.17) is 14.6 Å². The third kappa shape index (κ3) is 3.67. The maximum absolute atomic E-state index is 11.1. The summed E-state index contributed by atoms with van der Waals surface area (Å²) in [6.45, 7) is 4.73. The van der Waals surface area contributed by atoms with Gasteiger partial charge in [-0.25, -0.2) is 0 Å². The summed E-state index contributed by atoms with van der Waals surface area (Å²) in [6, 6.07) is 19.0. The van der Waals surface area contributed by atoms with Gasteiger partial charge in [0.25, 0.3) is 0 Å². The Morgan fingerprint density at radius 3 is 2.65 bits per heavy atom. The monoisotopic (exact) mass is 414 g/mol. The van der Waals surface area contributed by atoms with E-state index in [0.717, 1.165) is 29.9 Å². The highest BCUT2D eigenvalue weighted by Gasteiger charge is 2.29. The van der Waals surface area contributed by atoms with Gasteiger partial charge < -0.3 is 14.6 Å². The Morgan fingerprint density at radius 1 is 1.06 bits per heavy atom. The Kier molecular flexibility index (Phi) is 4.93. The number of fused-ring (bicyclic) bond motifs is 2. The molecule has 2 aliphatic rings. The molecule has 5 rings (SSSR count). The second-order valence-electron chi connectivity index (χ2n) is 8.63. The molecule has 2 atom stereocenters. The summed E-state index contributed by atoms with van der Waals surface area (Å²) in [5.74, 6) is 0.619. The lowest BCUT2D eigenvalue weighted by Crippen LogP contribution is -2.07. The van der Waals surface area contributed by atoms with Crippen LogP contribution in [0, 0.1) is 13.8 Å². The average molecular weight is 415 g/mol. The number of carboxylic acid groups (broad SMARTS) is 1. The molecule has 1 heterocycles. The summed E-state index contributed by atoms with van der Waals surface area (Å²) in [4.78, 5) is 11.1. The average Bonchev–Trinajstić information content (AvgIpc) is 3.31.